The molecule has 33 heavy (non-hydrogen) atoms. The van der Waals surface area contributed by atoms with Crippen LogP contribution in [0.25, 0.3) is 0 Å². The number of thioether (sulfide) groups is 1. The fourth-order valence-electron chi connectivity index (χ4n) is 4.39. The van der Waals surface area contributed by atoms with Crippen LogP contribution < -0.4 is 10.2 Å². The molecule has 1 saturated heterocycles. The fourth-order valence-corrected chi connectivity index (χ4v) is 5.31. The van der Waals surface area contributed by atoms with Crippen molar-refractivity contribution in [1.29, 1.82) is 0 Å². The summed E-state index contributed by atoms with van der Waals surface area (Å²) in [7, 11) is 0. The monoisotopic (exact) mass is 488 g/mol. The summed E-state index contributed by atoms with van der Waals surface area (Å²) in [5.41, 5.74) is 0.990. The average Bonchev–Trinajstić information content (AvgIpc) is 3.36. The Hall–Kier alpha value is -2.39. The molecule has 1 atom stereocenters. The van der Waals surface area contributed by atoms with Gasteiger partial charge in [-0.05, 0) is 37.5 Å². The molecule has 1 aliphatic carbocycles. The van der Waals surface area contributed by atoms with E-state index < -0.39 is 0 Å². The molecule has 10 heteroatoms. The zero-order valence-corrected chi connectivity index (χ0v) is 20.3. The molecule has 0 radical (unpaired) electrons. The summed E-state index contributed by atoms with van der Waals surface area (Å²) in [4.78, 5) is 42.1. The second kappa shape index (κ2) is 11.2. The lowest BCUT2D eigenvalue weighted by Crippen LogP contribution is -2.55. The number of nitrogens with one attached hydrogen (secondary N) is 1. The highest BCUT2D eigenvalue weighted by Crippen LogP contribution is 2.29. The van der Waals surface area contributed by atoms with Gasteiger partial charge in [-0.1, -0.05) is 36.2 Å². The molecule has 2 aliphatic rings. The summed E-state index contributed by atoms with van der Waals surface area (Å²) in [5, 5.41) is 3.69. The molecule has 1 N–H and O–H groups in total. The highest BCUT2D eigenvalue weighted by molar-refractivity contribution is 7.99. The summed E-state index contributed by atoms with van der Waals surface area (Å²) < 4.78 is 0. The van der Waals surface area contributed by atoms with Gasteiger partial charge < -0.3 is 15.1 Å². The zero-order valence-electron chi connectivity index (χ0n) is 18.7. The number of halogens is 1. The first-order valence-corrected chi connectivity index (χ1v) is 12.7. The molecule has 1 unspecified atom stereocenters. The maximum atomic E-state index is 12.9. The Labute approximate surface area is 203 Å². The number of pyridine rings is 1. The molecule has 8 nitrogen and oxygen atoms in total. The standard InChI is InChI=1S/C23H29ClN6O2S/c1-16-14-29(10-11-30(16)22(32)18-4-2-3-5-18)20-12-19(24)27-23(28-20)33-15-21(31)26-13-17-6-8-25-9-7-17/h6-9,12,16,18H,2-5,10-11,13-15H2,1H3,(H,26,31). The van der Waals surface area contributed by atoms with Gasteiger partial charge in [-0.2, -0.15) is 0 Å². The lowest BCUT2D eigenvalue weighted by Gasteiger charge is -2.41. The van der Waals surface area contributed by atoms with Crippen molar-refractivity contribution in [3.8, 4) is 0 Å². The zero-order chi connectivity index (χ0) is 23.2. The minimum atomic E-state index is -0.102. The van der Waals surface area contributed by atoms with Crippen molar-refractivity contribution in [2.75, 3.05) is 30.3 Å². The van der Waals surface area contributed by atoms with Gasteiger partial charge in [0.15, 0.2) is 5.16 Å². The number of piperazine rings is 1. The van der Waals surface area contributed by atoms with Crippen LogP contribution in [0.4, 0.5) is 5.82 Å². The second-order valence-electron chi connectivity index (χ2n) is 8.56. The van der Waals surface area contributed by atoms with Crippen LogP contribution in [0.2, 0.25) is 5.15 Å². The molecule has 1 aliphatic heterocycles. The number of hydrogen-bond acceptors (Lipinski definition) is 7. The quantitative estimate of drug-likeness (QED) is 0.363. The summed E-state index contributed by atoms with van der Waals surface area (Å²) >= 11 is 7.52. The predicted molar refractivity (Wildman–Crippen MR) is 129 cm³/mol. The molecular formula is C23H29ClN6O2S. The van der Waals surface area contributed by atoms with Crippen LogP contribution in [0.5, 0.6) is 0 Å². The van der Waals surface area contributed by atoms with Gasteiger partial charge in [-0.3, -0.25) is 14.6 Å². The van der Waals surface area contributed by atoms with Crippen molar-refractivity contribution in [3.63, 3.8) is 0 Å². The largest absolute Gasteiger partial charge is 0.353 e. The minimum Gasteiger partial charge on any atom is -0.353 e. The number of carbonyl (C=O) groups excluding carboxylic acids is 2. The molecule has 2 amide bonds. The van der Waals surface area contributed by atoms with E-state index in [1.807, 2.05) is 17.0 Å². The van der Waals surface area contributed by atoms with Crippen LogP contribution in [-0.4, -0.2) is 63.1 Å². The topological polar surface area (TPSA) is 91.3 Å². The third-order valence-corrected chi connectivity index (χ3v) is 7.21. The van der Waals surface area contributed by atoms with Crippen molar-refractivity contribution < 1.29 is 9.59 Å². The van der Waals surface area contributed by atoms with Crippen molar-refractivity contribution in [1.82, 2.24) is 25.2 Å². The van der Waals surface area contributed by atoms with Gasteiger partial charge in [0, 0.05) is 56.6 Å². The molecule has 0 bridgehead atoms. The Morgan fingerprint density at radius 2 is 1.94 bits per heavy atom. The summed E-state index contributed by atoms with van der Waals surface area (Å²) in [6.07, 6.45) is 7.75. The Bertz CT molecular complexity index is 973. The van der Waals surface area contributed by atoms with Gasteiger partial charge in [0.25, 0.3) is 0 Å². The third-order valence-electron chi connectivity index (χ3n) is 6.17. The highest BCUT2D eigenvalue weighted by Gasteiger charge is 2.33. The van der Waals surface area contributed by atoms with Crippen LogP contribution in [0.1, 0.15) is 38.2 Å². The van der Waals surface area contributed by atoms with Crippen molar-refractivity contribution >= 4 is 41.0 Å². The van der Waals surface area contributed by atoms with Crippen LogP contribution >= 0.6 is 23.4 Å². The van der Waals surface area contributed by atoms with Gasteiger partial charge in [0.05, 0.1) is 5.75 Å². The molecule has 176 valence electrons. The number of aromatic nitrogens is 3. The number of nitrogens with zero attached hydrogens (tertiary/aromatic N) is 5. The van der Waals surface area contributed by atoms with Crippen molar-refractivity contribution in [2.45, 2.75) is 50.4 Å². The van der Waals surface area contributed by atoms with E-state index in [2.05, 4.69) is 32.1 Å². The summed E-state index contributed by atoms with van der Waals surface area (Å²) in [6.45, 7) is 4.61. The van der Waals surface area contributed by atoms with Gasteiger partial charge in [-0.25, -0.2) is 9.97 Å². The first kappa shape index (κ1) is 23.8. The van der Waals surface area contributed by atoms with E-state index in [1.165, 1.54) is 11.8 Å². The Morgan fingerprint density at radius 1 is 1.18 bits per heavy atom. The summed E-state index contributed by atoms with van der Waals surface area (Å²) in [6, 6.07) is 5.58. The maximum Gasteiger partial charge on any atom is 0.230 e. The molecule has 3 heterocycles. The number of amides is 2. The third kappa shape index (κ3) is 6.35. The Balaban J connectivity index is 1.31. The first-order chi connectivity index (χ1) is 16.0. The van der Waals surface area contributed by atoms with Crippen LogP contribution in [0.15, 0.2) is 35.7 Å². The average molecular weight is 489 g/mol. The van der Waals surface area contributed by atoms with E-state index in [-0.39, 0.29) is 23.6 Å². The van der Waals surface area contributed by atoms with Gasteiger partial charge in [0.2, 0.25) is 11.8 Å². The molecule has 4 rings (SSSR count). The molecular weight excluding hydrogens is 460 g/mol. The van der Waals surface area contributed by atoms with E-state index in [0.29, 0.717) is 42.4 Å². The number of hydrogen-bond donors (Lipinski definition) is 1. The van der Waals surface area contributed by atoms with Crippen molar-refractivity contribution in [2.24, 2.45) is 5.92 Å². The van der Waals surface area contributed by atoms with Crippen LogP contribution in [0.3, 0.4) is 0 Å². The SMILES string of the molecule is CC1CN(c2cc(Cl)nc(SCC(=O)NCc3ccncc3)n2)CCN1C(=O)C1CCCC1. The lowest BCUT2D eigenvalue weighted by atomic mass is 10.0. The maximum absolute atomic E-state index is 12.9. The van der Waals surface area contributed by atoms with E-state index in [1.54, 1.807) is 18.5 Å². The molecule has 2 aromatic heterocycles. The number of carbonyl (C=O) groups is 2. The molecule has 1 saturated carbocycles. The minimum absolute atomic E-state index is 0.102. The normalized spacial score (nSPS) is 19.0. The van der Waals surface area contributed by atoms with E-state index in [4.69, 9.17) is 11.6 Å². The van der Waals surface area contributed by atoms with E-state index in [0.717, 1.165) is 37.1 Å². The van der Waals surface area contributed by atoms with Gasteiger partial charge in [-0.15, -0.1) is 0 Å². The molecule has 0 aromatic carbocycles. The van der Waals surface area contributed by atoms with Gasteiger partial charge >= 0.3 is 0 Å². The van der Waals surface area contributed by atoms with Crippen LogP contribution in [-0.2, 0) is 16.1 Å². The smallest absolute Gasteiger partial charge is 0.230 e. The lowest BCUT2D eigenvalue weighted by molar-refractivity contribution is -0.137. The first-order valence-electron chi connectivity index (χ1n) is 11.4. The molecule has 2 aromatic rings. The van der Waals surface area contributed by atoms with E-state index >= 15 is 0 Å². The van der Waals surface area contributed by atoms with Crippen LogP contribution in [0, 0.1) is 5.92 Å². The highest BCUT2D eigenvalue weighted by atomic mass is 35.5. The molecule has 0 spiro atoms. The van der Waals surface area contributed by atoms with Gasteiger partial charge in [0.1, 0.15) is 11.0 Å². The summed E-state index contributed by atoms with van der Waals surface area (Å²) in [5.74, 6) is 1.32. The fraction of sp³-hybridized carbons (Fsp3) is 0.522. The molecule has 2 fully saturated rings. The Morgan fingerprint density at radius 3 is 2.67 bits per heavy atom. The number of rotatable bonds is 7. The number of anilines is 1. The van der Waals surface area contributed by atoms with Crippen molar-refractivity contribution in [3.05, 3.63) is 41.3 Å². The van der Waals surface area contributed by atoms with E-state index in [9.17, 15) is 9.59 Å². The Kier molecular flexibility index (Phi) is 8.03. The predicted octanol–water partition coefficient (Wildman–Crippen LogP) is 3.16. The second-order valence-corrected chi connectivity index (χ2v) is 9.89.